The van der Waals surface area contributed by atoms with E-state index in [1.807, 2.05) is 81.4 Å². The van der Waals surface area contributed by atoms with Gasteiger partial charge in [-0.05, 0) is 45.0 Å². The summed E-state index contributed by atoms with van der Waals surface area (Å²) in [4.78, 5) is 21.5. The molecule has 0 saturated carbocycles. The third kappa shape index (κ3) is 10.7. The molecule has 0 heterocycles. The van der Waals surface area contributed by atoms with Crippen LogP contribution in [-0.4, -0.2) is 35.7 Å². The van der Waals surface area contributed by atoms with E-state index in [9.17, 15) is 9.59 Å². The van der Waals surface area contributed by atoms with Gasteiger partial charge in [-0.3, -0.25) is 9.59 Å². The lowest BCUT2D eigenvalue weighted by Crippen LogP contribution is -2.28. The molecule has 3 N–H and O–H groups in total. The molecule has 0 aliphatic rings. The van der Waals surface area contributed by atoms with Gasteiger partial charge in [0.1, 0.15) is 18.7 Å². The summed E-state index contributed by atoms with van der Waals surface area (Å²) in [5.41, 5.74) is 1.33. The van der Waals surface area contributed by atoms with Crippen LogP contribution in [0.1, 0.15) is 20.8 Å². The number of carboxylic acids is 1. The Kier molecular flexibility index (Phi) is 8.70. The SMILES string of the molecule is CC(C)(C)OC(=O)CNc1ccccc1.O=C(O)CNc1ccccc1. The van der Waals surface area contributed by atoms with Gasteiger partial charge in [-0.15, -0.1) is 0 Å². The Hall–Kier alpha value is -3.02. The van der Waals surface area contributed by atoms with Crippen molar-refractivity contribution in [3.05, 3.63) is 60.7 Å². The first-order valence-corrected chi connectivity index (χ1v) is 8.28. The topological polar surface area (TPSA) is 87.7 Å². The largest absolute Gasteiger partial charge is 0.480 e. The van der Waals surface area contributed by atoms with Crippen molar-refractivity contribution in [3.63, 3.8) is 0 Å². The molecular weight excluding hydrogens is 332 g/mol. The molecular formula is C20H26N2O4. The van der Waals surface area contributed by atoms with Crippen LogP contribution in [0.4, 0.5) is 11.4 Å². The zero-order valence-electron chi connectivity index (χ0n) is 15.4. The Labute approximate surface area is 154 Å². The molecule has 0 bridgehead atoms. The number of benzene rings is 2. The number of anilines is 2. The second kappa shape index (κ2) is 10.8. The predicted molar refractivity (Wildman–Crippen MR) is 103 cm³/mol. The van der Waals surface area contributed by atoms with E-state index in [1.165, 1.54) is 0 Å². The fourth-order valence-corrected chi connectivity index (χ4v) is 1.84. The maximum absolute atomic E-state index is 11.3. The Morgan fingerprint density at radius 1 is 0.846 bits per heavy atom. The van der Waals surface area contributed by atoms with Crippen molar-refractivity contribution < 1.29 is 19.4 Å². The number of carbonyl (C=O) groups excluding carboxylic acids is 1. The standard InChI is InChI=1S/C12H17NO2.C8H9NO2/c1-12(2,3)15-11(14)9-13-10-7-5-4-6-8-10;10-8(11)6-9-7-4-2-1-3-5-7/h4-8,13H,9H2,1-3H3;1-5,9H,6H2,(H,10,11). The molecule has 0 radical (unpaired) electrons. The third-order valence-electron chi connectivity index (χ3n) is 2.85. The smallest absolute Gasteiger partial charge is 0.325 e. The molecule has 0 saturated heterocycles. The minimum atomic E-state index is -0.853. The lowest BCUT2D eigenvalue weighted by Gasteiger charge is -2.19. The summed E-state index contributed by atoms with van der Waals surface area (Å²) in [5.74, 6) is -1.10. The summed E-state index contributed by atoms with van der Waals surface area (Å²) in [5, 5.41) is 14.0. The van der Waals surface area contributed by atoms with Crippen LogP contribution in [0.15, 0.2) is 60.7 Å². The maximum atomic E-state index is 11.3. The van der Waals surface area contributed by atoms with E-state index in [1.54, 1.807) is 0 Å². The summed E-state index contributed by atoms with van der Waals surface area (Å²) >= 11 is 0. The van der Waals surface area contributed by atoms with Gasteiger partial charge in [0, 0.05) is 11.4 Å². The summed E-state index contributed by atoms with van der Waals surface area (Å²) in [7, 11) is 0. The number of hydrogen-bond acceptors (Lipinski definition) is 5. The van der Waals surface area contributed by atoms with Crippen LogP contribution in [0.5, 0.6) is 0 Å². The van der Waals surface area contributed by atoms with Gasteiger partial charge >= 0.3 is 11.9 Å². The fraction of sp³-hybridized carbons (Fsp3) is 0.300. The first-order chi connectivity index (χ1) is 12.3. The van der Waals surface area contributed by atoms with Crippen LogP contribution in [0.3, 0.4) is 0 Å². The summed E-state index contributed by atoms with van der Waals surface area (Å²) < 4.78 is 5.16. The van der Waals surface area contributed by atoms with Crippen molar-refractivity contribution in [2.75, 3.05) is 23.7 Å². The molecule has 2 aromatic carbocycles. The van der Waals surface area contributed by atoms with Gasteiger partial charge in [-0.2, -0.15) is 0 Å². The minimum absolute atomic E-state index is 0.0377. The molecule has 140 valence electrons. The third-order valence-corrected chi connectivity index (χ3v) is 2.85. The van der Waals surface area contributed by atoms with Gasteiger partial charge in [0.05, 0.1) is 0 Å². The molecule has 0 aromatic heterocycles. The number of ether oxygens (including phenoxy) is 1. The average Bonchev–Trinajstić information content (AvgIpc) is 2.59. The van der Waals surface area contributed by atoms with Gasteiger partial charge in [-0.25, -0.2) is 0 Å². The monoisotopic (exact) mass is 358 g/mol. The highest BCUT2D eigenvalue weighted by atomic mass is 16.6. The normalized spacial score (nSPS) is 10.1. The quantitative estimate of drug-likeness (QED) is 0.684. The van der Waals surface area contributed by atoms with E-state index in [4.69, 9.17) is 9.84 Å². The van der Waals surface area contributed by atoms with Gasteiger partial charge in [0.25, 0.3) is 0 Å². The highest BCUT2D eigenvalue weighted by Gasteiger charge is 2.15. The van der Waals surface area contributed by atoms with Crippen LogP contribution >= 0.6 is 0 Å². The fourth-order valence-electron chi connectivity index (χ4n) is 1.84. The Bertz CT molecular complexity index is 667. The first kappa shape index (κ1) is 21.0. The average molecular weight is 358 g/mol. The number of carboxylic acid groups (broad SMARTS) is 1. The van der Waals surface area contributed by atoms with Crippen LogP contribution in [0.25, 0.3) is 0 Å². The Morgan fingerprint density at radius 3 is 1.65 bits per heavy atom. The molecule has 0 aliphatic carbocycles. The number of para-hydroxylation sites is 2. The van der Waals surface area contributed by atoms with E-state index >= 15 is 0 Å². The number of esters is 1. The number of aliphatic carboxylic acids is 1. The second-order valence-electron chi connectivity index (χ2n) is 6.42. The highest BCUT2D eigenvalue weighted by Crippen LogP contribution is 2.08. The van der Waals surface area contributed by atoms with E-state index in [-0.39, 0.29) is 19.1 Å². The Morgan fingerprint density at radius 2 is 1.27 bits per heavy atom. The van der Waals surface area contributed by atoms with E-state index in [2.05, 4.69) is 10.6 Å². The van der Waals surface area contributed by atoms with Crippen molar-refractivity contribution in [3.8, 4) is 0 Å². The predicted octanol–water partition coefficient (Wildman–Crippen LogP) is 3.62. The number of rotatable bonds is 6. The Balaban J connectivity index is 0.000000273. The van der Waals surface area contributed by atoms with Crippen molar-refractivity contribution >= 4 is 23.3 Å². The van der Waals surface area contributed by atoms with Gasteiger partial charge in [0.2, 0.25) is 0 Å². The highest BCUT2D eigenvalue weighted by molar-refractivity contribution is 5.75. The molecule has 0 fully saturated rings. The lowest BCUT2D eigenvalue weighted by atomic mass is 10.2. The van der Waals surface area contributed by atoms with Crippen molar-refractivity contribution in [1.29, 1.82) is 0 Å². The van der Waals surface area contributed by atoms with Gasteiger partial charge < -0.3 is 20.5 Å². The van der Waals surface area contributed by atoms with Crippen LogP contribution in [0, 0.1) is 0 Å². The number of hydrogen-bond donors (Lipinski definition) is 3. The van der Waals surface area contributed by atoms with Gasteiger partial charge in [0.15, 0.2) is 0 Å². The number of nitrogens with one attached hydrogen (secondary N) is 2. The summed E-state index contributed by atoms with van der Waals surface area (Å²) in [6, 6.07) is 18.8. The molecule has 0 spiro atoms. The summed E-state index contributed by atoms with van der Waals surface area (Å²) in [6.07, 6.45) is 0. The zero-order chi connectivity index (χ0) is 19.4. The lowest BCUT2D eigenvalue weighted by molar-refractivity contribution is -0.152. The molecule has 26 heavy (non-hydrogen) atoms. The van der Waals surface area contributed by atoms with Crippen molar-refractivity contribution in [2.45, 2.75) is 26.4 Å². The molecule has 0 atom stereocenters. The molecule has 2 aromatic rings. The van der Waals surface area contributed by atoms with Crippen molar-refractivity contribution in [2.24, 2.45) is 0 Å². The molecule has 0 unspecified atom stereocenters. The van der Waals surface area contributed by atoms with E-state index in [0.29, 0.717) is 0 Å². The summed E-state index contributed by atoms with van der Waals surface area (Å²) in [6.45, 7) is 5.72. The molecule has 2 rings (SSSR count). The molecule has 0 aliphatic heterocycles. The van der Waals surface area contributed by atoms with Crippen LogP contribution in [-0.2, 0) is 14.3 Å². The number of carbonyl (C=O) groups is 2. The maximum Gasteiger partial charge on any atom is 0.325 e. The first-order valence-electron chi connectivity index (χ1n) is 8.28. The zero-order valence-corrected chi connectivity index (χ0v) is 15.4. The molecule has 6 heteroatoms. The van der Waals surface area contributed by atoms with Crippen molar-refractivity contribution in [1.82, 2.24) is 0 Å². The van der Waals surface area contributed by atoms with Crippen LogP contribution in [0.2, 0.25) is 0 Å². The molecule has 6 nitrogen and oxygen atoms in total. The van der Waals surface area contributed by atoms with E-state index in [0.717, 1.165) is 11.4 Å². The van der Waals surface area contributed by atoms with E-state index < -0.39 is 11.6 Å². The van der Waals surface area contributed by atoms with Crippen LogP contribution < -0.4 is 10.6 Å². The molecule has 0 amide bonds. The minimum Gasteiger partial charge on any atom is -0.480 e. The second-order valence-corrected chi connectivity index (χ2v) is 6.42. The van der Waals surface area contributed by atoms with Gasteiger partial charge in [-0.1, -0.05) is 36.4 Å².